The number of anilines is 2. The molecule has 0 spiro atoms. The largest absolute Gasteiger partial charge is 0.482 e. The Balaban J connectivity index is 1.66. The molecule has 0 aliphatic carbocycles. The van der Waals surface area contributed by atoms with E-state index in [0.29, 0.717) is 17.1 Å². The number of ether oxygens (including phenoxy) is 1. The van der Waals surface area contributed by atoms with E-state index < -0.39 is 15.7 Å². The van der Waals surface area contributed by atoms with Gasteiger partial charge in [0.2, 0.25) is 5.91 Å². The number of hydrogen-bond acceptors (Lipinski definition) is 5. The number of sulfone groups is 1. The van der Waals surface area contributed by atoms with Crippen molar-refractivity contribution in [3.8, 4) is 5.75 Å². The number of halogens is 1. The molecule has 0 unspecified atom stereocenters. The van der Waals surface area contributed by atoms with Gasteiger partial charge in [-0.25, -0.2) is 8.42 Å². The Kier molecular flexibility index (Phi) is 5.28. The molecule has 0 atom stereocenters. The molecule has 0 radical (unpaired) electrons. The zero-order valence-electron chi connectivity index (χ0n) is 13.5. The summed E-state index contributed by atoms with van der Waals surface area (Å²) in [7, 11) is -3.68. The molecule has 2 aromatic rings. The predicted molar refractivity (Wildman–Crippen MR) is 100 cm³/mol. The van der Waals surface area contributed by atoms with E-state index in [2.05, 4.69) is 26.6 Å². The molecular formula is C17H15BrN2O5S. The van der Waals surface area contributed by atoms with Gasteiger partial charge in [-0.15, -0.1) is 0 Å². The maximum absolute atomic E-state index is 12.5. The Labute approximate surface area is 158 Å². The number of fused-ring (bicyclic) bond motifs is 1. The number of hydrogen-bond donors (Lipinski definition) is 2. The zero-order valence-corrected chi connectivity index (χ0v) is 15.9. The third-order valence-electron chi connectivity index (χ3n) is 3.65. The van der Waals surface area contributed by atoms with E-state index >= 15 is 0 Å². The van der Waals surface area contributed by atoms with Crippen molar-refractivity contribution in [2.75, 3.05) is 23.0 Å². The summed E-state index contributed by atoms with van der Waals surface area (Å²) in [5.41, 5.74) is 0.885. The van der Waals surface area contributed by atoms with Gasteiger partial charge in [-0.2, -0.15) is 0 Å². The molecule has 0 fully saturated rings. The third-order valence-corrected chi connectivity index (χ3v) is 5.86. The molecule has 0 saturated carbocycles. The molecule has 7 nitrogen and oxygen atoms in total. The van der Waals surface area contributed by atoms with E-state index in [1.54, 1.807) is 18.2 Å². The van der Waals surface area contributed by atoms with Gasteiger partial charge in [0.15, 0.2) is 16.4 Å². The molecule has 1 aliphatic heterocycles. The van der Waals surface area contributed by atoms with Crippen LogP contribution in [-0.2, 0) is 19.4 Å². The van der Waals surface area contributed by atoms with Crippen LogP contribution in [0.15, 0.2) is 51.8 Å². The second-order valence-corrected chi connectivity index (χ2v) is 8.65. The third kappa shape index (κ3) is 4.41. The highest BCUT2D eigenvalue weighted by atomic mass is 79.9. The van der Waals surface area contributed by atoms with Crippen molar-refractivity contribution in [2.24, 2.45) is 0 Å². The monoisotopic (exact) mass is 438 g/mol. The van der Waals surface area contributed by atoms with Crippen LogP contribution < -0.4 is 15.4 Å². The molecule has 0 aromatic heterocycles. The summed E-state index contributed by atoms with van der Waals surface area (Å²) in [5, 5.41) is 5.22. The van der Waals surface area contributed by atoms with E-state index in [9.17, 15) is 18.0 Å². The molecule has 2 aromatic carbocycles. The number of nitrogens with one attached hydrogen (secondary N) is 2. The van der Waals surface area contributed by atoms with Gasteiger partial charge >= 0.3 is 0 Å². The first-order chi connectivity index (χ1) is 12.3. The minimum absolute atomic E-state index is 0.0253. The highest BCUT2D eigenvalue weighted by Gasteiger charge is 2.21. The Morgan fingerprint density at radius 1 is 1.23 bits per heavy atom. The lowest BCUT2D eigenvalue weighted by atomic mass is 10.2. The normalized spacial score (nSPS) is 13.3. The Bertz CT molecular complexity index is 975. The molecule has 1 aliphatic rings. The van der Waals surface area contributed by atoms with E-state index in [1.807, 2.05) is 6.07 Å². The van der Waals surface area contributed by atoms with Gasteiger partial charge in [-0.1, -0.05) is 22.0 Å². The molecule has 26 heavy (non-hydrogen) atoms. The van der Waals surface area contributed by atoms with Gasteiger partial charge in [-0.05, 0) is 36.4 Å². The van der Waals surface area contributed by atoms with Gasteiger partial charge in [0, 0.05) is 16.6 Å². The maximum Gasteiger partial charge on any atom is 0.262 e. The van der Waals surface area contributed by atoms with Gasteiger partial charge in [0.25, 0.3) is 5.91 Å². The summed E-state index contributed by atoms with van der Waals surface area (Å²) < 4.78 is 30.9. The fraction of sp³-hybridized carbons (Fsp3) is 0.176. The van der Waals surface area contributed by atoms with Crippen molar-refractivity contribution in [2.45, 2.75) is 11.3 Å². The van der Waals surface area contributed by atoms with Crippen molar-refractivity contribution in [3.05, 3.63) is 46.9 Å². The van der Waals surface area contributed by atoms with Crippen LogP contribution in [0.1, 0.15) is 6.42 Å². The van der Waals surface area contributed by atoms with E-state index in [1.165, 1.54) is 18.2 Å². The first-order valence-electron chi connectivity index (χ1n) is 7.68. The minimum Gasteiger partial charge on any atom is -0.482 e. The van der Waals surface area contributed by atoms with Crippen molar-refractivity contribution in [1.82, 2.24) is 0 Å². The fourth-order valence-corrected chi connectivity index (χ4v) is 4.05. The Morgan fingerprint density at radius 2 is 2.04 bits per heavy atom. The lowest BCUT2D eigenvalue weighted by Crippen LogP contribution is -2.25. The first kappa shape index (κ1) is 18.4. The average Bonchev–Trinajstić information content (AvgIpc) is 2.59. The van der Waals surface area contributed by atoms with Crippen LogP contribution in [0.4, 0.5) is 11.4 Å². The van der Waals surface area contributed by atoms with Crippen molar-refractivity contribution in [1.29, 1.82) is 0 Å². The summed E-state index contributed by atoms with van der Waals surface area (Å²) in [6, 6.07) is 11.2. The lowest BCUT2D eigenvalue weighted by molar-refractivity contribution is -0.118. The van der Waals surface area contributed by atoms with Crippen LogP contribution in [0.5, 0.6) is 5.75 Å². The van der Waals surface area contributed by atoms with Gasteiger partial charge in [0.05, 0.1) is 16.3 Å². The Morgan fingerprint density at radius 3 is 2.81 bits per heavy atom. The number of benzene rings is 2. The number of rotatable bonds is 5. The molecule has 1 heterocycles. The maximum atomic E-state index is 12.5. The molecule has 136 valence electrons. The summed E-state index contributed by atoms with van der Waals surface area (Å²) in [4.78, 5) is 23.4. The van der Waals surface area contributed by atoms with Crippen LogP contribution >= 0.6 is 15.9 Å². The fourth-order valence-electron chi connectivity index (χ4n) is 2.39. The molecular weight excluding hydrogens is 424 g/mol. The molecule has 3 rings (SSSR count). The minimum atomic E-state index is -3.68. The number of carbonyl (C=O) groups excluding carboxylic acids is 2. The second-order valence-electron chi connectivity index (χ2n) is 5.62. The topological polar surface area (TPSA) is 102 Å². The van der Waals surface area contributed by atoms with Crippen LogP contribution in [-0.4, -0.2) is 32.6 Å². The van der Waals surface area contributed by atoms with Gasteiger partial charge in [0.1, 0.15) is 5.75 Å². The van der Waals surface area contributed by atoms with Crippen LogP contribution in [0, 0.1) is 0 Å². The SMILES string of the molecule is O=C(CCS(=O)(=O)c1ccc2c(c1)NC(=O)CO2)Nc1cccc(Br)c1. The summed E-state index contributed by atoms with van der Waals surface area (Å²) in [6.07, 6.45) is -0.186. The van der Waals surface area contributed by atoms with Crippen molar-refractivity contribution >= 4 is 49.0 Å². The van der Waals surface area contributed by atoms with E-state index in [-0.39, 0.29) is 29.6 Å². The smallest absolute Gasteiger partial charge is 0.262 e. The summed E-state index contributed by atoms with van der Waals surface area (Å²) in [5.74, 6) is -0.682. The van der Waals surface area contributed by atoms with E-state index in [4.69, 9.17) is 4.74 Å². The average molecular weight is 439 g/mol. The van der Waals surface area contributed by atoms with Gasteiger partial charge in [-0.3, -0.25) is 9.59 Å². The van der Waals surface area contributed by atoms with Crippen LogP contribution in [0.2, 0.25) is 0 Å². The molecule has 9 heteroatoms. The standard InChI is InChI=1S/C17H15BrN2O5S/c18-11-2-1-3-12(8-11)19-16(21)6-7-26(23,24)13-4-5-15-14(9-13)20-17(22)10-25-15/h1-5,8-9H,6-7,10H2,(H,19,21)(H,20,22). The van der Waals surface area contributed by atoms with Crippen molar-refractivity contribution in [3.63, 3.8) is 0 Å². The quantitative estimate of drug-likeness (QED) is 0.746. The number of carbonyl (C=O) groups is 2. The lowest BCUT2D eigenvalue weighted by Gasteiger charge is -2.18. The zero-order chi connectivity index (χ0) is 18.7. The highest BCUT2D eigenvalue weighted by Crippen LogP contribution is 2.30. The first-order valence-corrected chi connectivity index (χ1v) is 10.1. The van der Waals surface area contributed by atoms with Gasteiger partial charge < -0.3 is 15.4 Å². The second kappa shape index (κ2) is 7.46. The van der Waals surface area contributed by atoms with Crippen molar-refractivity contribution < 1.29 is 22.7 Å². The van der Waals surface area contributed by atoms with E-state index in [0.717, 1.165) is 4.47 Å². The molecule has 0 saturated heterocycles. The van der Waals surface area contributed by atoms with Crippen LogP contribution in [0.25, 0.3) is 0 Å². The summed E-state index contributed by atoms with van der Waals surface area (Å²) in [6.45, 7) is -0.102. The summed E-state index contributed by atoms with van der Waals surface area (Å²) >= 11 is 3.30. The molecule has 2 amide bonds. The number of amides is 2. The van der Waals surface area contributed by atoms with Crippen LogP contribution in [0.3, 0.4) is 0 Å². The Hall–Kier alpha value is -2.39. The highest BCUT2D eigenvalue weighted by molar-refractivity contribution is 9.10. The molecule has 0 bridgehead atoms. The predicted octanol–water partition coefficient (Wildman–Crippen LogP) is 2.58. The molecule has 2 N–H and O–H groups in total.